The molecule has 0 saturated heterocycles. The number of rotatable bonds is 5. The summed E-state index contributed by atoms with van der Waals surface area (Å²) in [5, 5.41) is 3.18. The molecule has 2 nitrogen and oxygen atoms in total. The number of benzene rings is 1. The summed E-state index contributed by atoms with van der Waals surface area (Å²) in [5.74, 6) is -0.602. The molecule has 3 rings (SSSR count). The molecule has 0 aliphatic heterocycles. The molecule has 0 unspecified atom stereocenters. The first-order chi connectivity index (χ1) is 9.08. The van der Waals surface area contributed by atoms with E-state index in [9.17, 15) is 8.78 Å². The Morgan fingerprint density at radius 1 is 1.16 bits per heavy atom. The van der Waals surface area contributed by atoms with Crippen molar-refractivity contribution in [1.82, 2.24) is 0 Å². The van der Waals surface area contributed by atoms with Gasteiger partial charge in [0.15, 0.2) is 11.6 Å². The van der Waals surface area contributed by atoms with Gasteiger partial charge in [0.2, 0.25) is 0 Å². The van der Waals surface area contributed by atoms with Crippen LogP contribution in [0.25, 0.3) is 0 Å². The van der Waals surface area contributed by atoms with Crippen LogP contribution in [-0.2, 0) is 0 Å². The fourth-order valence-electron chi connectivity index (χ4n) is 2.56. The number of nitrogens with two attached hydrogens (primary N) is 1. The van der Waals surface area contributed by atoms with Crippen LogP contribution in [0.5, 0.6) is 0 Å². The number of thiocarbonyl (C=S) groups is 1. The van der Waals surface area contributed by atoms with E-state index in [0.717, 1.165) is 0 Å². The van der Waals surface area contributed by atoms with Gasteiger partial charge in [0.1, 0.15) is 4.99 Å². The fraction of sp³-hybridized carbons (Fsp3) is 0.500. The van der Waals surface area contributed by atoms with E-state index in [0.29, 0.717) is 11.8 Å². The smallest absolute Gasteiger partial charge is 0.182 e. The van der Waals surface area contributed by atoms with Gasteiger partial charge in [0, 0.05) is 11.6 Å². The van der Waals surface area contributed by atoms with Gasteiger partial charge in [-0.3, -0.25) is 0 Å². The summed E-state index contributed by atoms with van der Waals surface area (Å²) in [6.07, 6.45) is 4.74. The van der Waals surface area contributed by atoms with E-state index in [1.807, 2.05) is 0 Å². The number of anilines is 1. The molecule has 2 aliphatic rings. The molecule has 0 radical (unpaired) electrons. The van der Waals surface area contributed by atoms with E-state index in [4.69, 9.17) is 18.0 Å². The van der Waals surface area contributed by atoms with Gasteiger partial charge in [-0.05, 0) is 49.7 Å². The molecule has 19 heavy (non-hydrogen) atoms. The quantitative estimate of drug-likeness (QED) is 0.815. The highest BCUT2D eigenvalue weighted by Gasteiger charge is 2.41. The van der Waals surface area contributed by atoms with Gasteiger partial charge >= 0.3 is 0 Å². The van der Waals surface area contributed by atoms with E-state index < -0.39 is 11.6 Å². The maximum atomic E-state index is 14.0. The van der Waals surface area contributed by atoms with E-state index in [1.54, 1.807) is 0 Å². The predicted molar refractivity (Wildman–Crippen MR) is 75.1 cm³/mol. The van der Waals surface area contributed by atoms with Crippen molar-refractivity contribution >= 4 is 22.9 Å². The Morgan fingerprint density at radius 2 is 1.74 bits per heavy atom. The number of halogens is 2. The zero-order valence-corrected chi connectivity index (χ0v) is 11.3. The van der Waals surface area contributed by atoms with Crippen LogP contribution in [0.3, 0.4) is 0 Å². The molecular formula is C14H16F2N2S. The summed E-state index contributed by atoms with van der Waals surface area (Å²) in [4.78, 5) is -0.121. The second kappa shape index (κ2) is 4.71. The topological polar surface area (TPSA) is 38.0 Å². The fourth-order valence-corrected chi connectivity index (χ4v) is 2.72. The van der Waals surface area contributed by atoms with E-state index >= 15 is 0 Å². The third kappa shape index (κ3) is 2.56. The summed E-state index contributed by atoms with van der Waals surface area (Å²) in [6, 6.07) is 3.26. The molecule has 1 aromatic rings. The van der Waals surface area contributed by atoms with Crippen LogP contribution < -0.4 is 11.1 Å². The molecule has 102 valence electrons. The normalized spacial score (nSPS) is 18.7. The van der Waals surface area contributed by atoms with Crippen LogP contribution in [0.4, 0.5) is 14.5 Å². The van der Waals surface area contributed by atoms with Gasteiger partial charge in [-0.1, -0.05) is 12.2 Å². The van der Waals surface area contributed by atoms with Crippen molar-refractivity contribution in [2.24, 2.45) is 17.6 Å². The highest BCUT2D eigenvalue weighted by molar-refractivity contribution is 7.80. The van der Waals surface area contributed by atoms with Crippen molar-refractivity contribution < 1.29 is 8.78 Å². The van der Waals surface area contributed by atoms with Crippen molar-refractivity contribution in [3.63, 3.8) is 0 Å². The lowest BCUT2D eigenvalue weighted by atomic mass is 10.1. The second-order valence-corrected chi connectivity index (χ2v) is 5.94. The van der Waals surface area contributed by atoms with Crippen molar-refractivity contribution in [3.05, 3.63) is 29.3 Å². The van der Waals surface area contributed by atoms with Crippen LogP contribution in [0, 0.1) is 23.5 Å². The Labute approximate surface area is 116 Å². The molecule has 0 heterocycles. The first kappa shape index (κ1) is 12.8. The van der Waals surface area contributed by atoms with Crippen LogP contribution in [-0.4, -0.2) is 11.0 Å². The predicted octanol–water partition coefficient (Wildman–Crippen LogP) is 3.20. The maximum Gasteiger partial charge on any atom is 0.182 e. The molecule has 2 saturated carbocycles. The maximum absolute atomic E-state index is 14.0. The molecule has 5 heteroatoms. The van der Waals surface area contributed by atoms with Crippen LogP contribution in [0.2, 0.25) is 0 Å². The van der Waals surface area contributed by atoms with E-state index in [2.05, 4.69) is 5.32 Å². The molecule has 2 aliphatic carbocycles. The van der Waals surface area contributed by atoms with Gasteiger partial charge in [0.25, 0.3) is 0 Å². The minimum atomic E-state index is -0.956. The third-order valence-electron chi connectivity index (χ3n) is 3.93. The third-order valence-corrected chi connectivity index (χ3v) is 4.15. The average Bonchev–Trinajstić information content (AvgIpc) is 3.24. The summed E-state index contributed by atoms with van der Waals surface area (Å²) < 4.78 is 27.8. The van der Waals surface area contributed by atoms with Crippen molar-refractivity contribution in [2.45, 2.75) is 31.7 Å². The largest absolute Gasteiger partial charge is 0.389 e. The zero-order valence-electron chi connectivity index (χ0n) is 10.5. The first-order valence-corrected chi connectivity index (χ1v) is 7.03. The van der Waals surface area contributed by atoms with E-state index in [-0.39, 0.29) is 22.3 Å². The molecule has 1 aromatic carbocycles. The lowest BCUT2D eigenvalue weighted by Gasteiger charge is -2.20. The number of hydrogen-bond donors (Lipinski definition) is 2. The highest BCUT2D eigenvalue weighted by Crippen LogP contribution is 2.46. The Morgan fingerprint density at radius 3 is 2.21 bits per heavy atom. The summed E-state index contributed by atoms with van der Waals surface area (Å²) in [7, 11) is 0. The summed E-state index contributed by atoms with van der Waals surface area (Å²) >= 11 is 4.69. The van der Waals surface area contributed by atoms with Gasteiger partial charge in [-0.25, -0.2) is 8.78 Å². The molecule has 0 bridgehead atoms. The number of hydrogen-bond acceptors (Lipinski definition) is 2. The molecular weight excluding hydrogens is 266 g/mol. The van der Waals surface area contributed by atoms with Gasteiger partial charge in [0.05, 0.1) is 5.69 Å². The average molecular weight is 282 g/mol. The Kier molecular flexibility index (Phi) is 3.17. The molecule has 0 atom stereocenters. The van der Waals surface area contributed by atoms with Crippen LogP contribution in [0.15, 0.2) is 12.1 Å². The minimum absolute atomic E-state index is 0.0348. The molecule has 3 N–H and O–H groups in total. The monoisotopic (exact) mass is 282 g/mol. The molecule has 0 aromatic heterocycles. The van der Waals surface area contributed by atoms with Crippen molar-refractivity contribution in [3.8, 4) is 0 Å². The molecule has 2 fully saturated rings. The SMILES string of the molecule is NC(=S)c1ccc(NC(C2CC2)C2CC2)c(F)c1F. The summed E-state index contributed by atoms with van der Waals surface area (Å²) in [6.45, 7) is 0. The van der Waals surface area contributed by atoms with Crippen LogP contribution >= 0.6 is 12.2 Å². The van der Waals surface area contributed by atoms with Gasteiger partial charge < -0.3 is 11.1 Å². The van der Waals surface area contributed by atoms with Crippen LogP contribution in [0.1, 0.15) is 31.2 Å². The molecule has 0 amide bonds. The van der Waals surface area contributed by atoms with Crippen molar-refractivity contribution in [2.75, 3.05) is 5.32 Å². The Balaban J connectivity index is 1.84. The zero-order chi connectivity index (χ0) is 13.6. The van der Waals surface area contributed by atoms with E-state index in [1.165, 1.54) is 37.8 Å². The standard InChI is InChI=1S/C14H16F2N2S/c15-11-9(14(17)19)5-6-10(12(11)16)18-13(7-1-2-7)8-3-4-8/h5-8,13,18H,1-4H2,(H2,17,19). The molecule has 0 spiro atoms. The highest BCUT2D eigenvalue weighted by atomic mass is 32.1. The Bertz CT molecular complexity index is 512. The van der Waals surface area contributed by atoms with Gasteiger partial charge in [-0.15, -0.1) is 0 Å². The lowest BCUT2D eigenvalue weighted by Crippen LogP contribution is -2.25. The lowest BCUT2D eigenvalue weighted by molar-refractivity contribution is 0.502. The van der Waals surface area contributed by atoms with Gasteiger partial charge in [-0.2, -0.15) is 0 Å². The second-order valence-electron chi connectivity index (χ2n) is 5.50. The van der Waals surface area contributed by atoms with Crippen molar-refractivity contribution in [1.29, 1.82) is 0 Å². The minimum Gasteiger partial charge on any atom is -0.389 e. The number of nitrogens with one attached hydrogen (secondary N) is 1. The Hall–Kier alpha value is -1.23. The first-order valence-electron chi connectivity index (χ1n) is 6.62. The summed E-state index contributed by atoms with van der Waals surface area (Å²) in [5.41, 5.74) is 5.54.